The van der Waals surface area contributed by atoms with Crippen LogP contribution in [0.2, 0.25) is 0 Å². The molecule has 1 aromatic carbocycles. The fraction of sp³-hybridized carbons (Fsp3) is 0.400. The monoisotopic (exact) mass is 245 g/mol. The van der Waals surface area contributed by atoms with Gasteiger partial charge in [-0.3, -0.25) is 0 Å². The number of carboxylic acids is 1. The molecule has 0 aliphatic rings. The molecule has 18 heavy (non-hydrogen) atoms. The van der Waals surface area contributed by atoms with Crippen LogP contribution in [0.4, 0.5) is 0 Å². The van der Waals surface area contributed by atoms with Crippen molar-refractivity contribution in [2.45, 2.75) is 33.2 Å². The molecule has 0 atom stereocenters. The lowest BCUT2D eigenvalue weighted by Gasteiger charge is -2.07. The number of benzene rings is 1. The van der Waals surface area contributed by atoms with Gasteiger partial charge in [-0.1, -0.05) is 19.9 Å². The highest BCUT2D eigenvalue weighted by Crippen LogP contribution is 2.21. The highest BCUT2D eigenvalue weighted by molar-refractivity contribution is 6.02. The molecule has 1 N–H and O–H groups in total. The van der Waals surface area contributed by atoms with Gasteiger partial charge in [0.2, 0.25) is 0 Å². The summed E-state index contributed by atoms with van der Waals surface area (Å²) in [6, 6.07) is 7.35. The molecule has 3 heteroatoms. The lowest BCUT2D eigenvalue weighted by molar-refractivity contribution is 0.0699. The maximum atomic E-state index is 11.1. The molecule has 2 rings (SSSR count). The largest absolute Gasteiger partial charge is 0.478 e. The van der Waals surface area contributed by atoms with Gasteiger partial charge < -0.3 is 9.67 Å². The fourth-order valence-electron chi connectivity index (χ4n) is 2.27. The van der Waals surface area contributed by atoms with E-state index in [1.54, 1.807) is 6.07 Å². The average Bonchev–Trinajstić information content (AvgIpc) is 2.72. The standard InChI is InChI=1S/C15H19NO2/c1-11(2)5-4-9-16-10-8-12-13(15(17)18)6-3-7-14(12)16/h3,6-8,10-11H,4-5,9H2,1-2H3,(H,17,18). The van der Waals surface area contributed by atoms with Crippen molar-refractivity contribution in [2.24, 2.45) is 5.92 Å². The van der Waals surface area contributed by atoms with Crippen LogP contribution in [0, 0.1) is 5.92 Å². The topological polar surface area (TPSA) is 42.2 Å². The number of rotatable bonds is 5. The van der Waals surface area contributed by atoms with Crippen LogP contribution in [-0.2, 0) is 6.54 Å². The zero-order valence-corrected chi connectivity index (χ0v) is 10.9. The Labute approximate surface area is 107 Å². The van der Waals surface area contributed by atoms with Crippen LogP contribution in [0.5, 0.6) is 0 Å². The Morgan fingerprint density at radius 3 is 2.78 bits per heavy atom. The van der Waals surface area contributed by atoms with E-state index in [1.165, 1.54) is 6.42 Å². The van der Waals surface area contributed by atoms with Gasteiger partial charge in [0.25, 0.3) is 0 Å². The minimum absolute atomic E-state index is 0.384. The van der Waals surface area contributed by atoms with E-state index in [4.69, 9.17) is 5.11 Å². The fourth-order valence-corrected chi connectivity index (χ4v) is 2.27. The van der Waals surface area contributed by atoms with Crippen LogP contribution in [0.1, 0.15) is 37.0 Å². The van der Waals surface area contributed by atoms with Crippen LogP contribution in [0.25, 0.3) is 10.9 Å². The van der Waals surface area contributed by atoms with E-state index in [-0.39, 0.29) is 0 Å². The first-order chi connectivity index (χ1) is 8.59. The second kappa shape index (κ2) is 5.25. The van der Waals surface area contributed by atoms with E-state index in [2.05, 4.69) is 18.4 Å². The summed E-state index contributed by atoms with van der Waals surface area (Å²) in [5.74, 6) is -0.151. The van der Waals surface area contributed by atoms with Crippen molar-refractivity contribution in [2.75, 3.05) is 0 Å². The van der Waals surface area contributed by atoms with Gasteiger partial charge in [0.1, 0.15) is 0 Å². The van der Waals surface area contributed by atoms with Gasteiger partial charge in [0.15, 0.2) is 0 Å². The number of fused-ring (bicyclic) bond motifs is 1. The molecule has 0 aliphatic heterocycles. The first-order valence-corrected chi connectivity index (χ1v) is 6.40. The van der Waals surface area contributed by atoms with Crippen molar-refractivity contribution in [3.63, 3.8) is 0 Å². The Morgan fingerprint density at radius 2 is 2.11 bits per heavy atom. The van der Waals surface area contributed by atoms with Crippen LogP contribution >= 0.6 is 0 Å². The molecule has 0 saturated carbocycles. The number of carbonyl (C=O) groups is 1. The molecule has 0 aliphatic carbocycles. The molecule has 1 heterocycles. The summed E-state index contributed by atoms with van der Waals surface area (Å²) < 4.78 is 2.14. The summed E-state index contributed by atoms with van der Waals surface area (Å²) in [7, 11) is 0. The Balaban J connectivity index is 2.26. The molecule has 2 aromatic rings. The van der Waals surface area contributed by atoms with Crippen LogP contribution < -0.4 is 0 Å². The molecule has 0 bridgehead atoms. The molecule has 96 valence electrons. The second-order valence-corrected chi connectivity index (χ2v) is 5.09. The first-order valence-electron chi connectivity index (χ1n) is 6.40. The Hall–Kier alpha value is -1.77. The number of hydrogen-bond acceptors (Lipinski definition) is 1. The summed E-state index contributed by atoms with van der Waals surface area (Å²) in [6.07, 6.45) is 4.30. The Kier molecular flexibility index (Phi) is 3.70. The lowest BCUT2D eigenvalue weighted by Crippen LogP contribution is -2.00. The van der Waals surface area contributed by atoms with Crippen molar-refractivity contribution < 1.29 is 9.90 Å². The second-order valence-electron chi connectivity index (χ2n) is 5.09. The average molecular weight is 245 g/mol. The van der Waals surface area contributed by atoms with Gasteiger partial charge in [0, 0.05) is 23.6 Å². The molecular formula is C15H19NO2. The van der Waals surface area contributed by atoms with E-state index >= 15 is 0 Å². The van der Waals surface area contributed by atoms with E-state index in [9.17, 15) is 4.79 Å². The normalized spacial score (nSPS) is 11.3. The number of carboxylic acid groups (broad SMARTS) is 1. The molecule has 0 fully saturated rings. The summed E-state index contributed by atoms with van der Waals surface area (Å²) in [5.41, 5.74) is 1.40. The van der Waals surface area contributed by atoms with Gasteiger partial charge in [-0.2, -0.15) is 0 Å². The Bertz CT molecular complexity index is 555. The minimum atomic E-state index is -0.861. The van der Waals surface area contributed by atoms with Crippen molar-refractivity contribution >= 4 is 16.9 Å². The highest BCUT2D eigenvalue weighted by atomic mass is 16.4. The zero-order valence-electron chi connectivity index (χ0n) is 10.9. The van der Waals surface area contributed by atoms with Crippen LogP contribution in [0.15, 0.2) is 30.5 Å². The molecular weight excluding hydrogens is 226 g/mol. The minimum Gasteiger partial charge on any atom is -0.478 e. The number of aryl methyl sites for hydroxylation is 1. The van der Waals surface area contributed by atoms with Crippen molar-refractivity contribution in [3.05, 3.63) is 36.0 Å². The molecule has 3 nitrogen and oxygen atoms in total. The summed E-state index contributed by atoms with van der Waals surface area (Å²) in [4.78, 5) is 11.1. The van der Waals surface area contributed by atoms with E-state index < -0.39 is 5.97 Å². The number of aromatic carboxylic acids is 1. The highest BCUT2D eigenvalue weighted by Gasteiger charge is 2.10. The molecule has 1 aromatic heterocycles. The Morgan fingerprint density at radius 1 is 1.33 bits per heavy atom. The molecule has 0 spiro atoms. The quantitative estimate of drug-likeness (QED) is 0.871. The lowest BCUT2D eigenvalue weighted by atomic mass is 10.1. The third kappa shape index (κ3) is 2.55. The molecule has 0 saturated heterocycles. The number of nitrogens with zero attached hydrogens (tertiary/aromatic N) is 1. The molecule has 0 radical (unpaired) electrons. The number of aromatic nitrogens is 1. The third-order valence-electron chi connectivity index (χ3n) is 3.22. The smallest absolute Gasteiger partial charge is 0.336 e. The maximum absolute atomic E-state index is 11.1. The van der Waals surface area contributed by atoms with Crippen molar-refractivity contribution in [1.29, 1.82) is 0 Å². The van der Waals surface area contributed by atoms with Crippen molar-refractivity contribution in [1.82, 2.24) is 4.57 Å². The third-order valence-corrected chi connectivity index (χ3v) is 3.22. The zero-order chi connectivity index (χ0) is 13.1. The van der Waals surface area contributed by atoms with Crippen molar-refractivity contribution in [3.8, 4) is 0 Å². The van der Waals surface area contributed by atoms with E-state index in [0.29, 0.717) is 11.5 Å². The van der Waals surface area contributed by atoms with E-state index in [0.717, 1.165) is 23.9 Å². The molecule has 0 amide bonds. The number of hydrogen-bond donors (Lipinski definition) is 1. The van der Waals surface area contributed by atoms with E-state index in [1.807, 2.05) is 24.4 Å². The van der Waals surface area contributed by atoms with Gasteiger partial charge >= 0.3 is 5.97 Å². The summed E-state index contributed by atoms with van der Waals surface area (Å²) in [5, 5.41) is 9.96. The van der Waals surface area contributed by atoms with Gasteiger partial charge in [-0.05, 0) is 37.0 Å². The van der Waals surface area contributed by atoms with Gasteiger partial charge in [-0.15, -0.1) is 0 Å². The molecule has 0 unspecified atom stereocenters. The SMILES string of the molecule is CC(C)CCCn1ccc2c(C(=O)O)cccc21. The van der Waals surface area contributed by atoms with Gasteiger partial charge in [-0.25, -0.2) is 4.79 Å². The summed E-state index contributed by atoms with van der Waals surface area (Å²) in [6.45, 7) is 5.39. The maximum Gasteiger partial charge on any atom is 0.336 e. The predicted octanol–water partition coefficient (Wildman–Crippen LogP) is 3.78. The van der Waals surface area contributed by atoms with Crippen LogP contribution in [0.3, 0.4) is 0 Å². The predicted molar refractivity (Wildman–Crippen MR) is 73.0 cm³/mol. The first kappa shape index (κ1) is 12.7. The van der Waals surface area contributed by atoms with Gasteiger partial charge in [0.05, 0.1) is 5.56 Å². The van der Waals surface area contributed by atoms with Crippen LogP contribution in [-0.4, -0.2) is 15.6 Å². The summed E-state index contributed by atoms with van der Waals surface area (Å²) >= 11 is 0.